The SMILES string of the molecule is CC1(C)CC1(O)C(=O)Nc1ccc(C(=O)O)cc1. The summed E-state index contributed by atoms with van der Waals surface area (Å²) in [6.45, 7) is 3.64. The Kier molecular flexibility index (Phi) is 2.66. The lowest BCUT2D eigenvalue weighted by molar-refractivity contribution is -0.127. The van der Waals surface area contributed by atoms with Crippen molar-refractivity contribution in [1.29, 1.82) is 0 Å². The topological polar surface area (TPSA) is 86.6 Å². The van der Waals surface area contributed by atoms with Crippen LogP contribution in [0.25, 0.3) is 0 Å². The van der Waals surface area contributed by atoms with Gasteiger partial charge in [-0.15, -0.1) is 0 Å². The first-order valence-electron chi connectivity index (χ1n) is 5.63. The molecular formula is C13H15NO4. The zero-order valence-electron chi connectivity index (χ0n) is 10.2. The van der Waals surface area contributed by atoms with Crippen LogP contribution in [0.15, 0.2) is 24.3 Å². The summed E-state index contributed by atoms with van der Waals surface area (Å²) in [6.07, 6.45) is 0.430. The molecule has 1 saturated carbocycles. The molecule has 1 fully saturated rings. The minimum absolute atomic E-state index is 0.151. The van der Waals surface area contributed by atoms with Crippen molar-refractivity contribution < 1.29 is 19.8 Å². The molecule has 2 rings (SSSR count). The molecule has 0 radical (unpaired) electrons. The van der Waals surface area contributed by atoms with Crippen molar-refractivity contribution in [2.75, 3.05) is 5.32 Å². The van der Waals surface area contributed by atoms with Gasteiger partial charge in [-0.1, -0.05) is 13.8 Å². The molecule has 0 saturated heterocycles. The summed E-state index contributed by atoms with van der Waals surface area (Å²) >= 11 is 0. The Balaban J connectivity index is 2.07. The van der Waals surface area contributed by atoms with Crippen LogP contribution in [-0.2, 0) is 4.79 Å². The highest BCUT2D eigenvalue weighted by Gasteiger charge is 2.65. The first kappa shape index (κ1) is 12.6. The molecule has 96 valence electrons. The fourth-order valence-corrected chi connectivity index (χ4v) is 1.91. The third-order valence-electron chi connectivity index (χ3n) is 3.46. The number of hydrogen-bond donors (Lipinski definition) is 3. The van der Waals surface area contributed by atoms with Crippen molar-refractivity contribution in [1.82, 2.24) is 0 Å². The van der Waals surface area contributed by atoms with E-state index in [0.29, 0.717) is 12.1 Å². The molecule has 0 aliphatic heterocycles. The van der Waals surface area contributed by atoms with E-state index in [1.807, 2.05) is 13.8 Å². The second-order valence-corrected chi connectivity index (χ2v) is 5.26. The Labute approximate surface area is 104 Å². The van der Waals surface area contributed by atoms with E-state index in [0.717, 1.165) is 0 Å². The summed E-state index contributed by atoms with van der Waals surface area (Å²) in [7, 11) is 0. The van der Waals surface area contributed by atoms with Crippen molar-refractivity contribution in [2.45, 2.75) is 25.9 Å². The Morgan fingerprint density at radius 1 is 1.22 bits per heavy atom. The van der Waals surface area contributed by atoms with E-state index in [1.165, 1.54) is 24.3 Å². The lowest BCUT2D eigenvalue weighted by Crippen LogP contribution is -2.33. The van der Waals surface area contributed by atoms with E-state index in [1.54, 1.807) is 0 Å². The molecule has 3 N–H and O–H groups in total. The molecule has 1 aliphatic carbocycles. The van der Waals surface area contributed by atoms with Crippen LogP contribution in [-0.4, -0.2) is 27.7 Å². The average Bonchev–Trinajstić information content (AvgIpc) is 2.80. The predicted octanol–water partition coefficient (Wildman–Crippen LogP) is 1.48. The lowest BCUT2D eigenvalue weighted by atomic mass is 10.1. The first-order valence-corrected chi connectivity index (χ1v) is 5.63. The molecular weight excluding hydrogens is 234 g/mol. The summed E-state index contributed by atoms with van der Waals surface area (Å²) < 4.78 is 0. The highest BCUT2D eigenvalue weighted by Crippen LogP contribution is 2.55. The zero-order chi connectivity index (χ0) is 13.6. The lowest BCUT2D eigenvalue weighted by Gasteiger charge is -2.13. The van der Waals surface area contributed by atoms with Gasteiger partial charge in [0.05, 0.1) is 5.56 Å². The van der Waals surface area contributed by atoms with Gasteiger partial charge in [-0.3, -0.25) is 4.79 Å². The van der Waals surface area contributed by atoms with Crippen LogP contribution < -0.4 is 5.32 Å². The number of benzene rings is 1. The highest BCUT2D eigenvalue weighted by molar-refractivity contribution is 6.00. The van der Waals surface area contributed by atoms with Crippen LogP contribution in [0.4, 0.5) is 5.69 Å². The fraction of sp³-hybridized carbons (Fsp3) is 0.385. The zero-order valence-corrected chi connectivity index (χ0v) is 10.2. The summed E-state index contributed by atoms with van der Waals surface area (Å²) in [6, 6.07) is 5.81. The summed E-state index contributed by atoms with van der Waals surface area (Å²) in [5.41, 5.74) is -1.10. The number of anilines is 1. The van der Waals surface area contributed by atoms with Crippen molar-refractivity contribution in [3.63, 3.8) is 0 Å². The number of carboxylic acid groups (broad SMARTS) is 1. The second kappa shape index (κ2) is 3.81. The Hall–Kier alpha value is -1.88. The number of rotatable bonds is 3. The number of carboxylic acids is 1. The van der Waals surface area contributed by atoms with Crippen molar-refractivity contribution in [3.8, 4) is 0 Å². The van der Waals surface area contributed by atoms with E-state index >= 15 is 0 Å². The van der Waals surface area contributed by atoms with Crippen LogP contribution in [0.5, 0.6) is 0 Å². The van der Waals surface area contributed by atoms with E-state index in [-0.39, 0.29) is 5.56 Å². The van der Waals surface area contributed by atoms with Gasteiger partial charge in [-0.2, -0.15) is 0 Å². The molecule has 5 nitrogen and oxygen atoms in total. The van der Waals surface area contributed by atoms with Gasteiger partial charge in [0.1, 0.15) is 5.60 Å². The molecule has 0 bridgehead atoms. The van der Waals surface area contributed by atoms with Gasteiger partial charge >= 0.3 is 5.97 Å². The van der Waals surface area contributed by atoms with Crippen LogP contribution >= 0.6 is 0 Å². The van der Waals surface area contributed by atoms with E-state index in [9.17, 15) is 14.7 Å². The Morgan fingerprint density at radius 3 is 2.11 bits per heavy atom. The summed E-state index contributed by atoms with van der Waals surface area (Å²) in [5, 5.41) is 21.3. The monoisotopic (exact) mass is 249 g/mol. The van der Waals surface area contributed by atoms with Gasteiger partial charge in [0.2, 0.25) is 0 Å². The fourth-order valence-electron chi connectivity index (χ4n) is 1.91. The van der Waals surface area contributed by atoms with Crippen LogP contribution in [0.1, 0.15) is 30.6 Å². The summed E-state index contributed by atoms with van der Waals surface area (Å²) in [4.78, 5) is 22.5. The third kappa shape index (κ3) is 1.97. The van der Waals surface area contributed by atoms with Gasteiger partial charge < -0.3 is 15.5 Å². The first-order chi connectivity index (χ1) is 8.26. The second-order valence-electron chi connectivity index (χ2n) is 5.26. The maximum Gasteiger partial charge on any atom is 0.335 e. The van der Waals surface area contributed by atoms with Crippen molar-refractivity contribution >= 4 is 17.6 Å². The van der Waals surface area contributed by atoms with Crippen LogP contribution in [0, 0.1) is 5.41 Å². The van der Waals surface area contributed by atoms with Crippen LogP contribution in [0.3, 0.4) is 0 Å². The normalized spacial score (nSPS) is 24.4. The molecule has 0 aromatic heterocycles. The Bertz CT molecular complexity index is 506. The maximum absolute atomic E-state index is 11.9. The number of carbonyl (C=O) groups is 2. The number of aliphatic hydroxyl groups is 1. The molecule has 1 unspecified atom stereocenters. The van der Waals surface area contributed by atoms with Crippen molar-refractivity contribution in [3.05, 3.63) is 29.8 Å². The molecule has 1 aliphatic rings. The quantitative estimate of drug-likeness (QED) is 0.757. The van der Waals surface area contributed by atoms with Crippen LogP contribution in [0.2, 0.25) is 0 Å². The molecule has 18 heavy (non-hydrogen) atoms. The number of amides is 1. The minimum atomic E-state index is -1.32. The Morgan fingerprint density at radius 2 is 1.72 bits per heavy atom. The maximum atomic E-state index is 11.9. The molecule has 1 amide bonds. The number of hydrogen-bond acceptors (Lipinski definition) is 3. The number of aromatic carboxylic acids is 1. The van der Waals surface area contributed by atoms with E-state index < -0.39 is 22.9 Å². The van der Waals surface area contributed by atoms with Gasteiger partial charge in [-0.05, 0) is 30.7 Å². The van der Waals surface area contributed by atoms with E-state index in [2.05, 4.69) is 5.32 Å². The molecule has 5 heteroatoms. The van der Waals surface area contributed by atoms with Gasteiger partial charge in [0, 0.05) is 11.1 Å². The van der Waals surface area contributed by atoms with Gasteiger partial charge in [0.25, 0.3) is 5.91 Å². The van der Waals surface area contributed by atoms with Gasteiger partial charge in [0.15, 0.2) is 0 Å². The minimum Gasteiger partial charge on any atom is -0.478 e. The average molecular weight is 249 g/mol. The van der Waals surface area contributed by atoms with Gasteiger partial charge in [-0.25, -0.2) is 4.79 Å². The number of nitrogens with one attached hydrogen (secondary N) is 1. The molecule has 1 aromatic rings. The molecule has 0 spiro atoms. The number of carbonyl (C=O) groups excluding carboxylic acids is 1. The summed E-state index contributed by atoms with van der Waals surface area (Å²) in [5.74, 6) is -1.47. The molecule has 0 heterocycles. The molecule has 1 atom stereocenters. The smallest absolute Gasteiger partial charge is 0.335 e. The van der Waals surface area contributed by atoms with E-state index in [4.69, 9.17) is 5.11 Å². The largest absolute Gasteiger partial charge is 0.478 e. The van der Waals surface area contributed by atoms with Crippen molar-refractivity contribution in [2.24, 2.45) is 5.41 Å². The standard InChI is InChI=1S/C13H15NO4/c1-12(2)7-13(12,18)11(17)14-9-5-3-8(4-6-9)10(15)16/h3-6,18H,7H2,1-2H3,(H,14,17)(H,15,16). The molecule has 1 aromatic carbocycles. The highest BCUT2D eigenvalue weighted by atomic mass is 16.4. The third-order valence-corrected chi connectivity index (χ3v) is 3.46. The predicted molar refractivity (Wildman–Crippen MR) is 65.4 cm³/mol.